The zero-order valence-corrected chi connectivity index (χ0v) is 11.1. The van der Waals surface area contributed by atoms with Gasteiger partial charge in [0.1, 0.15) is 12.0 Å². The topological polar surface area (TPSA) is 73.1 Å². The number of ether oxygens (including phenoxy) is 1. The van der Waals surface area contributed by atoms with Gasteiger partial charge in [-0.15, -0.1) is 0 Å². The van der Waals surface area contributed by atoms with Gasteiger partial charge in [0.2, 0.25) is 5.88 Å². The molecule has 0 spiro atoms. The monoisotopic (exact) mass is 250 g/mol. The van der Waals surface area contributed by atoms with Gasteiger partial charge in [-0.2, -0.15) is 4.98 Å². The maximum absolute atomic E-state index is 6.00. The first-order chi connectivity index (χ1) is 8.66. The number of nitrogens with zero attached hydrogens (tertiary/aromatic N) is 2. The van der Waals surface area contributed by atoms with Crippen LogP contribution in [0.2, 0.25) is 0 Å². The number of anilines is 2. The molecule has 1 aliphatic carbocycles. The van der Waals surface area contributed by atoms with Crippen LogP contribution in [-0.2, 0) is 0 Å². The van der Waals surface area contributed by atoms with E-state index in [1.165, 1.54) is 32.0 Å². The number of rotatable bonds is 5. The molecule has 0 atom stereocenters. The average molecular weight is 250 g/mol. The lowest BCUT2D eigenvalue weighted by Crippen LogP contribution is -2.15. The van der Waals surface area contributed by atoms with Crippen molar-refractivity contribution in [1.29, 1.82) is 0 Å². The van der Waals surface area contributed by atoms with Gasteiger partial charge in [-0.05, 0) is 32.6 Å². The summed E-state index contributed by atoms with van der Waals surface area (Å²) < 4.78 is 5.54. The van der Waals surface area contributed by atoms with E-state index < -0.39 is 0 Å². The van der Waals surface area contributed by atoms with E-state index in [1.54, 1.807) is 0 Å². The fraction of sp³-hybridized carbons (Fsp3) is 0.692. The fourth-order valence-electron chi connectivity index (χ4n) is 2.29. The van der Waals surface area contributed by atoms with Crippen molar-refractivity contribution in [3.63, 3.8) is 0 Å². The smallest absolute Gasteiger partial charge is 0.242 e. The highest BCUT2D eigenvalue weighted by Gasteiger charge is 2.16. The first-order valence-corrected chi connectivity index (χ1v) is 6.68. The lowest BCUT2D eigenvalue weighted by atomic mass is 10.1. The molecule has 1 aliphatic rings. The molecule has 0 amide bonds. The Kier molecular flexibility index (Phi) is 4.23. The second-order valence-electron chi connectivity index (χ2n) is 5.14. The minimum Gasteiger partial charge on any atom is -0.473 e. The number of aromatic nitrogens is 2. The largest absolute Gasteiger partial charge is 0.473 e. The number of nitrogen functional groups attached to an aromatic ring is 1. The van der Waals surface area contributed by atoms with E-state index >= 15 is 0 Å². The highest BCUT2D eigenvalue weighted by molar-refractivity contribution is 5.66. The van der Waals surface area contributed by atoms with Crippen LogP contribution in [0.15, 0.2) is 6.33 Å². The van der Waals surface area contributed by atoms with E-state index in [1.807, 2.05) is 13.8 Å². The minimum absolute atomic E-state index is 0.0601. The van der Waals surface area contributed by atoms with Crippen LogP contribution >= 0.6 is 0 Å². The third-order valence-corrected chi connectivity index (χ3v) is 3.23. The number of nitrogens with two attached hydrogens (primary N) is 1. The van der Waals surface area contributed by atoms with Crippen LogP contribution in [0.1, 0.15) is 39.5 Å². The van der Waals surface area contributed by atoms with Crippen molar-refractivity contribution in [2.75, 3.05) is 17.6 Å². The molecule has 0 aliphatic heterocycles. The molecule has 1 aromatic heterocycles. The van der Waals surface area contributed by atoms with Gasteiger partial charge in [-0.1, -0.05) is 12.8 Å². The Morgan fingerprint density at radius 2 is 2.11 bits per heavy atom. The molecule has 0 saturated heterocycles. The van der Waals surface area contributed by atoms with Crippen molar-refractivity contribution in [3.8, 4) is 5.88 Å². The molecule has 5 nitrogen and oxygen atoms in total. The van der Waals surface area contributed by atoms with Gasteiger partial charge in [0.25, 0.3) is 0 Å². The van der Waals surface area contributed by atoms with E-state index in [0.717, 1.165) is 12.5 Å². The second kappa shape index (κ2) is 5.89. The standard InChI is InChI=1S/C13H22N4O/c1-9(2)18-13-11(14)12(16-8-17-13)15-7-10-5-3-4-6-10/h8-10H,3-7,14H2,1-2H3,(H,15,16,17). The van der Waals surface area contributed by atoms with Crippen molar-refractivity contribution in [2.24, 2.45) is 5.92 Å². The SMILES string of the molecule is CC(C)Oc1ncnc(NCC2CCCC2)c1N. The second-order valence-corrected chi connectivity index (χ2v) is 5.14. The first kappa shape index (κ1) is 12.9. The van der Waals surface area contributed by atoms with Crippen molar-refractivity contribution in [2.45, 2.75) is 45.6 Å². The number of hydrogen-bond donors (Lipinski definition) is 2. The van der Waals surface area contributed by atoms with Gasteiger partial charge in [0.05, 0.1) is 6.10 Å². The third-order valence-electron chi connectivity index (χ3n) is 3.23. The molecule has 1 heterocycles. The first-order valence-electron chi connectivity index (χ1n) is 6.68. The number of nitrogens with one attached hydrogen (secondary N) is 1. The molecular formula is C13H22N4O. The van der Waals surface area contributed by atoms with Crippen LogP contribution in [-0.4, -0.2) is 22.6 Å². The van der Waals surface area contributed by atoms with Crippen LogP contribution in [0.25, 0.3) is 0 Å². The molecule has 0 radical (unpaired) electrons. The Bertz CT molecular complexity index is 389. The predicted molar refractivity (Wildman–Crippen MR) is 72.7 cm³/mol. The Labute approximate surface area is 108 Å². The van der Waals surface area contributed by atoms with E-state index in [9.17, 15) is 0 Å². The van der Waals surface area contributed by atoms with Gasteiger partial charge in [0.15, 0.2) is 5.82 Å². The summed E-state index contributed by atoms with van der Waals surface area (Å²) in [6, 6.07) is 0. The van der Waals surface area contributed by atoms with Crippen LogP contribution in [0.5, 0.6) is 5.88 Å². The average Bonchev–Trinajstić information content (AvgIpc) is 2.83. The van der Waals surface area contributed by atoms with E-state index in [0.29, 0.717) is 17.4 Å². The summed E-state index contributed by atoms with van der Waals surface area (Å²) in [7, 11) is 0. The van der Waals surface area contributed by atoms with Crippen molar-refractivity contribution in [3.05, 3.63) is 6.33 Å². The highest BCUT2D eigenvalue weighted by Crippen LogP contribution is 2.28. The van der Waals surface area contributed by atoms with Gasteiger partial charge in [-0.25, -0.2) is 4.98 Å². The molecule has 1 aromatic rings. The Morgan fingerprint density at radius 3 is 2.78 bits per heavy atom. The van der Waals surface area contributed by atoms with Crippen molar-refractivity contribution >= 4 is 11.5 Å². The molecule has 0 aromatic carbocycles. The summed E-state index contributed by atoms with van der Waals surface area (Å²) in [6.45, 7) is 4.84. The highest BCUT2D eigenvalue weighted by atomic mass is 16.5. The molecule has 0 bridgehead atoms. The molecule has 1 saturated carbocycles. The van der Waals surface area contributed by atoms with E-state index in [-0.39, 0.29) is 6.10 Å². The predicted octanol–water partition coefficient (Wildman–Crippen LogP) is 2.45. The third kappa shape index (κ3) is 3.24. The summed E-state index contributed by atoms with van der Waals surface area (Å²) in [5.74, 6) is 1.90. The van der Waals surface area contributed by atoms with Crippen molar-refractivity contribution < 1.29 is 4.74 Å². The minimum atomic E-state index is 0.0601. The van der Waals surface area contributed by atoms with Crippen LogP contribution in [0.4, 0.5) is 11.5 Å². The summed E-state index contributed by atoms with van der Waals surface area (Å²) in [5, 5.41) is 3.31. The molecular weight excluding hydrogens is 228 g/mol. The normalized spacial score (nSPS) is 16.2. The van der Waals surface area contributed by atoms with Crippen LogP contribution in [0, 0.1) is 5.92 Å². The van der Waals surface area contributed by atoms with E-state index in [2.05, 4.69) is 15.3 Å². The molecule has 5 heteroatoms. The summed E-state index contributed by atoms with van der Waals surface area (Å²) in [6.07, 6.45) is 6.83. The fourth-order valence-corrected chi connectivity index (χ4v) is 2.29. The van der Waals surface area contributed by atoms with E-state index in [4.69, 9.17) is 10.5 Å². The number of hydrogen-bond acceptors (Lipinski definition) is 5. The zero-order chi connectivity index (χ0) is 13.0. The Morgan fingerprint density at radius 1 is 1.39 bits per heavy atom. The molecule has 18 heavy (non-hydrogen) atoms. The molecule has 1 fully saturated rings. The van der Waals surface area contributed by atoms with Crippen LogP contribution in [0.3, 0.4) is 0 Å². The quantitative estimate of drug-likeness (QED) is 0.839. The lowest BCUT2D eigenvalue weighted by molar-refractivity contribution is 0.234. The summed E-state index contributed by atoms with van der Waals surface area (Å²) in [4.78, 5) is 8.24. The summed E-state index contributed by atoms with van der Waals surface area (Å²) in [5.41, 5.74) is 6.51. The Balaban J connectivity index is 1.98. The molecule has 100 valence electrons. The van der Waals surface area contributed by atoms with Crippen molar-refractivity contribution in [1.82, 2.24) is 9.97 Å². The van der Waals surface area contributed by atoms with Gasteiger partial charge in [-0.3, -0.25) is 0 Å². The van der Waals surface area contributed by atoms with Gasteiger partial charge >= 0.3 is 0 Å². The lowest BCUT2D eigenvalue weighted by Gasteiger charge is -2.15. The Hall–Kier alpha value is -1.52. The molecule has 2 rings (SSSR count). The maximum Gasteiger partial charge on any atom is 0.242 e. The zero-order valence-electron chi connectivity index (χ0n) is 11.1. The summed E-state index contributed by atoms with van der Waals surface area (Å²) >= 11 is 0. The van der Waals surface area contributed by atoms with Gasteiger partial charge in [0, 0.05) is 6.54 Å². The van der Waals surface area contributed by atoms with Gasteiger partial charge < -0.3 is 15.8 Å². The molecule has 0 unspecified atom stereocenters. The maximum atomic E-state index is 6.00. The van der Waals surface area contributed by atoms with Crippen LogP contribution < -0.4 is 15.8 Å². The molecule has 3 N–H and O–H groups in total.